The van der Waals surface area contributed by atoms with Crippen LogP contribution in [-0.4, -0.2) is 46.7 Å². The zero-order valence-electron chi connectivity index (χ0n) is 17.6. The minimum Gasteiger partial charge on any atom is -0.489 e. The summed E-state index contributed by atoms with van der Waals surface area (Å²) in [6.07, 6.45) is 2.05. The second-order valence-electron chi connectivity index (χ2n) is 7.80. The number of carbonyl (C=O) groups is 1. The minimum atomic E-state index is -0.540. The number of ether oxygens (including phenoxy) is 1. The zero-order valence-corrected chi connectivity index (χ0v) is 19.1. The fraction of sp³-hybridized carbons (Fsp3) is 0.250. The molecule has 0 aliphatic carbocycles. The summed E-state index contributed by atoms with van der Waals surface area (Å²) in [6, 6.07) is 11.6. The topological polar surface area (TPSA) is 88.7 Å². The van der Waals surface area contributed by atoms with Crippen LogP contribution in [0.1, 0.15) is 22.3 Å². The highest BCUT2D eigenvalue weighted by Crippen LogP contribution is 2.30. The molecular formula is C24H22Cl2FN3O3. The Morgan fingerprint density at radius 2 is 1.97 bits per heavy atom. The van der Waals surface area contributed by atoms with Gasteiger partial charge in [-0.05, 0) is 47.9 Å². The smallest absolute Gasteiger partial charge is 0.253 e. The van der Waals surface area contributed by atoms with E-state index in [2.05, 4.69) is 4.98 Å². The third kappa shape index (κ3) is 5.21. The number of halogens is 3. The standard InChI is InChI=1S/C24H22Cl2FN3O3/c25-19-5-6-20(27)22(26)18(19)8-10-33-21-11-16(12-29-23(21)28)14-1-3-15(4-2-14)24(32)30-9-7-17(31)13-30/h1-6,11-12,17,31H,7-10,13H2,(H2,28,29). The highest BCUT2D eigenvalue weighted by atomic mass is 35.5. The molecule has 0 spiro atoms. The number of anilines is 1. The van der Waals surface area contributed by atoms with Crippen molar-refractivity contribution in [3.8, 4) is 16.9 Å². The van der Waals surface area contributed by atoms with Crippen LogP contribution in [0, 0.1) is 5.82 Å². The van der Waals surface area contributed by atoms with Gasteiger partial charge in [0.15, 0.2) is 11.6 Å². The Morgan fingerprint density at radius 1 is 1.21 bits per heavy atom. The van der Waals surface area contributed by atoms with Gasteiger partial charge in [0.1, 0.15) is 5.82 Å². The van der Waals surface area contributed by atoms with Crippen LogP contribution in [0.15, 0.2) is 48.7 Å². The van der Waals surface area contributed by atoms with Gasteiger partial charge in [-0.1, -0.05) is 35.3 Å². The Morgan fingerprint density at radius 3 is 2.67 bits per heavy atom. The summed E-state index contributed by atoms with van der Waals surface area (Å²) in [4.78, 5) is 18.4. The molecule has 4 rings (SSSR count). The molecule has 1 fully saturated rings. The number of carbonyl (C=O) groups excluding carboxylic acids is 1. The number of amides is 1. The number of nitrogens with zero attached hydrogens (tertiary/aromatic N) is 2. The summed E-state index contributed by atoms with van der Waals surface area (Å²) in [5.41, 5.74) is 8.57. The number of hydrogen-bond donors (Lipinski definition) is 2. The SMILES string of the molecule is Nc1ncc(-c2ccc(C(=O)N3CCC(O)C3)cc2)cc1OCCc1c(Cl)ccc(F)c1Cl. The maximum absolute atomic E-state index is 13.7. The Bertz CT molecular complexity index is 1170. The fourth-order valence-corrected chi connectivity index (χ4v) is 4.26. The molecule has 1 aliphatic rings. The lowest BCUT2D eigenvalue weighted by atomic mass is 10.0. The van der Waals surface area contributed by atoms with Crippen LogP contribution >= 0.6 is 23.2 Å². The minimum absolute atomic E-state index is 0.0241. The van der Waals surface area contributed by atoms with E-state index < -0.39 is 11.9 Å². The first-order valence-electron chi connectivity index (χ1n) is 10.4. The van der Waals surface area contributed by atoms with Crippen molar-refractivity contribution >= 4 is 34.9 Å². The number of aliphatic hydroxyl groups is 1. The van der Waals surface area contributed by atoms with Crippen LogP contribution in [0.3, 0.4) is 0 Å². The highest BCUT2D eigenvalue weighted by Gasteiger charge is 2.25. The normalized spacial score (nSPS) is 15.6. The Kier molecular flexibility index (Phi) is 7.02. The molecular weight excluding hydrogens is 468 g/mol. The van der Waals surface area contributed by atoms with Gasteiger partial charge < -0.3 is 20.5 Å². The van der Waals surface area contributed by atoms with Gasteiger partial charge in [-0.3, -0.25) is 4.79 Å². The van der Waals surface area contributed by atoms with Gasteiger partial charge in [0.05, 0.1) is 17.7 Å². The molecule has 1 amide bonds. The van der Waals surface area contributed by atoms with Gasteiger partial charge >= 0.3 is 0 Å². The average Bonchev–Trinajstić information content (AvgIpc) is 3.25. The molecule has 0 radical (unpaired) electrons. The number of aromatic nitrogens is 1. The number of aliphatic hydroxyl groups excluding tert-OH is 1. The summed E-state index contributed by atoms with van der Waals surface area (Å²) >= 11 is 12.1. The lowest BCUT2D eigenvalue weighted by Crippen LogP contribution is -2.29. The number of likely N-dealkylation sites (tertiary alicyclic amines) is 1. The summed E-state index contributed by atoms with van der Waals surface area (Å²) in [5, 5.41) is 9.99. The Hall–Kier alpha value is -2.87. The summed E-state index contributed by atoms with van der Waals surface area (Å²) in [5.74, 6) is -0.0498. The van der Waals surface area contributed by atoms with Crippen LogP contribution in [0.2, 0.25) is 10.0 Å². The van der Waals surface area contributed by atoms with E-state index in [1.165, 1.54) is 12.1 Å². The van der Waals surface area contributed by atoms with Crippen LogP contribution < -0.4 is 10.5 Å². The number of nitrogens with two attached hydrogens (primary N) is 1. The largest absolute Gasteiger partial charge is 0.489 e. The van der Waals surface area contributed by atoms with Crippen molar-refractivity contribution in [1.29, 1.82) is 0 Å². The Balaban J connectivity index is 1.45. The van der Waals surface area contributed by atoms with E-state index in [0.717, 1.165) is 11.1 Å². The van der Waals surface area contributed by atoms with Gasteiger partial charge in [0.25, 0.3) is 5.91 Å². The van der Waals surface area contributed by atoms with Gasteiger partial charge in [0.2, 0.25) is 0 Å². The predicted molar refractivity (Wildman–Crippen MR) is 126 cm³/mol. The lowest BCUT2D eigenvalue weighted by Gasteiger charge is -2.16. The third-order valence-corrected chi connectivity index (χ3v) is 6.31. The first-order chi connectivity index (χ1) is 15.8. The van der Waals surface area contributed by atoms with Crippen LogP contribution in [0.25, 0.3) is 11.1 Å². The van der Waals surface area contributed by atoms with Gasteiger partial charge in [-0.2, -0.15) is 0 Å². The van der Waals surface area contributed by atoms with Crippen LogP contribution in [-0.2, 0) is 6.42 Å². The lowest BCUT2D eigenvalue weighted by molar-refractivity contribution is 0.0765. The molecule has 33 heavy (non-hydrogen) atoms. The second kappa shape index (κ2) is 9.95. The average molecular weight is 490 g/mol. The van der Waals surface area contributed by atoms with Crippen molar-refractivity contribution in [2.24, 2.45) is 0 Å². The molecule has 0 bridgehead atoms. The van der Waals surface area contributed by atoms with Crippen molar-refractivity contribution in [3.05, 3.63) is 75.7 Å². The van der Waals surface area contributed by atoms with E-state index in [-0.39, 0.29) is 23.4 Å². The van der Waals surface area contributed by atoms with E-state index in [4.69, 9.17) is 33.7 Å². The van der Waals surface area contributed by atoms with Gasteiger partial charge in [-0.15, -0.1) is 0 Å². The Labute approximate surface area is 200 Å². The summed E-state index contributed by atoms with van der Waals surface area (Å²) in [7, 11) is 0. The number of rotatable bonds is 6. The molecule has 1 unspecified atom stereocenters. The number of nitrogen functional groups attached to an aromatic ring is 1. The number of hydrogen-bond acceptors (Lipinski definition) is 5. The van der Waals surface area contributed by atoms with E-state index in [0.29, 0.717) is 47.8 Å². The zero-order chi connectivity index (χ0) is 23.5. The number of pyridine rings is 1. The van der Waals surface area contributed by atoms with Crippen molar-refractivity contribution < 1.29 is 19.0 Å². The number of benzene rings is 2. The van der Waals surface area contributed by atoms with Crippen LogP contribution in [0.5, 0.6) is 5.75 Å². The number of β-amino-alcohol motifs (C(OH)–C–C–N with tert-alkyl or cyclic N) is 1. The highest BCUT2D eigenvalue weighted by molar-refractivity contribution is 6.36. The molecule has 172 valence electrons. The maximum atomic E-state index is 13.7. The van der Waals surface area contributed by atoms with Crippen molar-refractivity contribution in [2.75, 3.05) is 25.4 Å². The molecule has 1 saturated heterocycles. The van der Waals surface area contributed by atoms with E-state index in [9.17, 15) is 14.3 Å². The molecule has 0 saturated carbocycles. The first kappa shape index (κ1) is 23.3. The molecule has 2 heterocycles. The monoisotopic (exact) mass is 489 g/mol. The molecule has 1 aromatic heterocycles. The summed E-state index contributed by atoms with van der Waals surface area (Å²) < 4.78 is 19.5. The molecule has 3 aromatic rings. The van der Waals surface area contributed by atoms with Gasteiger partial charge in [-0.25, -0.2) is 9.37 Å². The maximum Gasteiger partial charge on any atom is 0.253 e. The van der Waals surface area contributed by atoms with E-state index >= 15 is 0 Å². The van der Waals surface area contributed by atoms with Gasteiger partial charge in [0, 0.05) is 41.9 Å². The summed E-state index contributed by atoms with van der Waals surface area (Å²) in [6.45, 7) is 1.08. The van der Waals surface area contributed by atoms with Crippen molar-refractivity contribution in [1.82, 2.24) is 9.88 Å². The molecule has 9 heteroatoms. The molecule has 6 nitrogen and oxygen atoms in total. The molecule has 3 N–H and O–H groups in total. The van der Waals surface area contributed by atoms with E-state index in [1.807, 2.05) is 12.1 Å². The fourth-order valence-electron chi connectivity index (χ4n) is 3.70. The molecule has 2 aromatic carbocycles. The third-order valence-electron chi connectivity index (χ3n) is 5.55. The molecule has 1 aliphatic heterocycles. The van der Waals surface area contributed by atoms with Crippen molar-refractivity contribution in [2.45, 2.75) is 18.9 Å². The second-order valence-corrected chi connectivity index (χ2v) is 8.58. The molecule has 1 atom stereocenters. The van der Waals surface area contributed by atoms with Crippen molar-refractivity contribution in [3.63, 3.8) is 0 Å². The quantitative estimate of drug-likeness (QED) is 0.493. The predicted octanol–water partition coefficient (Wildman–Crippen LogP) is 4.61. The first-order valence-corrected chi connectivity index (χ1v) is 11.2. The van der Waals surface area contributed by atoms with E-state index in [1.54, 1.807) is 29.3 Å². The van der Waals surface area contributed by atoms with Crippen LogP contribution in [0.4, 0.5) is 10.2 Å².